The maximum atomic E-state index is 12.4. The Hall–Kier alpha value is -1.84. The maximum absolute atomic E-state index is 12.4. The summed E-state index contributed by atoms with van der Waals surface area (Å²) in [6, 6.07) is 10.5. The van der Waals surface area contributed by atoms with Gasteiger partial charge in [-0.2, -0.15) is 0 Å². The van der Waals surface area contributed by atoms with Gasteiger partial charge in [-0.1, -0.05) is 37.3 Å². The van der Waals surface area contributed by atoms with Crippen LogP contribution in [-0.4, -0.2) is 35.5 Å². The number of carboxylic acids is 1. The number of nitrogens with zero attached hydrogens (tertiary/aromatic N) is 1. The molecule has 1 N–H and O–H groups in total. The van der Waals surface area contributed by atoms with Crippen LogP contribution in [0.4, 0.5) is 0 Å². The standard InChI is InChI=1S/C18H25NO3/c1-13(18(21)22)12-19(2)17(20)16-10-8-15(9-11-16)14-6-4-3-5-7-14/h3-7,13,15-16H,8-12H2,1-2H3,(H,21,22). The lowest BCUT2D eigenvalue weighted by Crippen LogP contribution is -2.38. The van der Waals surface area contributed by atoms with Crippen LogP contribution >= 0.6 is 0 Å². The first-order valence-corrected chi connectivity index (χ1v) is 8.01. The van der Waals surface area contributed by atoms with Gasteiger partial charge in [-0.3, -0.25) is 9.59 Å². The van der Waals surface area contributed by atoms with Gasteiger partial charge in [-0.05, 0) is 37.2 Å². The summed E-state index contributed by atoms with van der Waals surface area (Å²) in [4.78, 5) is 24.9. The van der Waals surface area contributed by atoms with Crippen molar-refractivity contribution >= 4 is 11.9 Å². The van der Waals surface area contributed by atoms with Crippen LogP contribution in [0.2, 0.25) is 0 Å². The van der Waals surface area contributed by atoms with Gasteiger partial charge < -0.3 is 10.0 Å². The molecule has 1 aromatic rings. The summed E-state index contributed by atoms with van der Waals surface area (Å²) in [5.41, 5.74) is 1.36. The Kier molecular flexibility index (Phi) is 5.58. The van der Waals surface area contributed by atoms with E-state index in [0.29, 0.717) is 5.92 Å². The summed E-state index contributed by atoms with van der Waals surface area (Å²) in [5.74, 6) is -0.680. The number of rotatable bonds is 5. The van der Waals surface area contributed by atoms with E-state index in [1.165, 1.54) is 5.56 Å². The van der Waals surface area contributed by atoms with Crippen molar-refractivity contribution < 1.29 is 14.7 Å². The zero-order valence-electron chi connectivity index (χ0n) is 13.4. The molecule has 1 saturated carbocycles. The Morgan fingerprint density at radius 2 is 1.77 bits per heavy atom. The van der Waals surface area contributed by atoms with Gasteiger partial charge in [0.15, 0.2) is 0 Å². The Labute approximate surface area is 132 Å². The molecule has 0 bridgehead atoms. The second-order valence-electron chi connectivity index (χ2n) is 6.42. The third kappa shape index (κ3) is 4.09. The number of carbonyl (C=O) groups is 2. The Balaban J connectivity index is 1.86. The van der Waals surface area contributed by atoms with E-state index in [0.717, 1.165) is 25.7 Å². The van der Waals surface area contributed by atoms with Crippen LogP contribution in [0.15, 0.2) is 30.3 Å². The summed E-state index contributed by atoms with van der Waals surface area (Å²) in [6.07, 6.45) is 3.85. The average Bonchev–Trinajstić information content (AvgIpc) is 2.55. The van der Waals surface area contributed by atoms with E-state index in [1.807, 2.05) is 6.07 Å². The van der Waals surface area contributed by atoms with E-state index in [-0.39, 0.29) is 18.4 Å². The minimum absolute atomic E-state index is 0.0472. The predicted octanol–water partition coefficient (Wildman–Crippen LogP) is 3.14. The molecule has 0 aliphatic heterocycles. The Bertz CT molecular complexity index is 506. The maximum Gasteiger partial charge on any atom is 0.308 e. The molecule has 1 aromatic carbocycles. The first-order valence-electron chi connectivity index (χ1n) is 8.01. The molecule has 0 radical (unpaired) electrons. The van der Waals surface area contributed by atoms with Crippen molar-refractivity contribution in [3.05, 3.63) is 35.9 Å². The molecule has 0 heterocycles. The van der Waals surface area contributed by atoms with Crippen LogP contribution in [0.25, 0.3) is 0 Å². The van der Waals surface area contributed by atoms with Crippen molar-refractivity contribution in [1.29, 1.82) is 0 Å². The van der Waals surface area contributed by atoms with Gasteiger partial charge in [0.2, 0.25) is 5.91 Å². The fraction of sp³-hybridized carbons (Fsp3) is 0.556. The van der Waals surface area contributed by atoms with Crippen molar-refractivity contribution in [2.75, 3.05) is 13.6 Å². The zero-order valence-corrected chi connectivity index (χ0v) is 13.4. The predicted molar refractivity (Wildman–Crippen MR) is 85.6 cm³/mol. The summed E-state index contributed by atoms with van der Waals surface area (Å²) in [6.45, 7) is 1.92. The van der Waals surface area contributed by atoms with E-state index in [2.05, 4.69) is 24.3 Å². The third-order valence-electron chi connectivity index (χ3n) is 4.69. The lowest BCUT2D eigenvalue weighted by atomic mass is 9.78. The number of benzene rings is 1. The highest BCUT2D eigenvalue weighted by Crippen LogP contribution is 2.36. The number of carbonyl (C=O) groups excluding carboxylic acids is 1. The lowest BCUT2D eigenvalue weighted by Gasteiger charge is -2.31. The summed E-state index contributed by atoms with van der Waals surface area (Å²) in [7, 11) is 1.71. The molecule has 4 nitrogen and oxygen atoms in total. The molecule has 120 valence electrons. The number of carboxylic acid groups (broad SMARTS) is 1. The molecule has 2 rings (SSSR count). The summed E-state index contributed by atoms with van der Waals surface area (Å²) in [5, 5.41) is 8.95. The first-order chi connectivity index (χ1) is 10.5. The van der Waals surface area contributed by atoms with Gasteiger partial charge in [0.05, 0.1) is 5.92 Å². The van der Waals surface area contributed by atoms with E-state index in [9.17, 15) is 9.59 Å². The second kappa shape index (κ2) is 7.43. The molecule has 0 saturated heterocycles. The van der Waals surface area contributed by atoms with E-state index >= 15 is 0 Å². The van der Waals surface area contributed by atoms with E-state index < -0.39 is 11.9 Å². The molecule has 1 unspecified atom stereocenters. The minimum Gasteiger partial charge on any atom is -0.481 e. The smallest absolute Gasteiger partial charge is 0.308 e. The van der Waals surface area contributed by atoms with Crippen LogP contribution in [0.1, 0.15) is 44.1 Å². The Morgan fingerprint density at radius 1 is 1.18 bits per heavy atom. The van der Waals surface area contributed by atoms with Crippen molar-refractivity contribution in [3.8, 4) is 0 Å². The number of aliphatic carboxylic acids is 1. The van der Waals surface area contributed by atoms with Gasteiger partial charge in [0.1, 0.15) is 0 Å². The molecular weight excluding hydrogens is 278 g/mol. The normalized spacial score (nSPS) is 22.8. The van der Waals surface area contributed by atoms with Crippen molar-refractivity contribution in [2.45, 2.75) is 38.5 Å². The molecule has 0 spiro atoms. The molecule has 0 aromatic heterocycles. The highest BCUT2D eigenvalue weighted by atomic mass is 16.4. The highest BCUT2D eigenvalue weighted by molar-refractivity contribution is 5.79. The Morgan fingerprint density at radius 3 is 2.32 bits per heavy atom. The summed E-state index contributed by atoms with van der Waals surface area (Å²) < 4.78 is 0. The minimum atomic E-state index is -0.854. The largest absolute Gasteiger partial charge is 0.481 e. The van der Waals surface area contributed by atoms with Gasteiger partial charge in [-0.25, -0.2) is 0 Å². The van der Waals surface area contributed by atoms with Gasteiger partial charge in [0.25, 0.3) is 0 Å². The van der Waals surface area contributed by atoms with Gasteiger partial charge >= 0.3 is 5.97 Å². The fourth-order valence-corrected chi connectivity index (χ4v) is 3.29. The molecule has 4 heteroatoms. The van der Waals surface area contributed by atoms with Crippen LogP contribution < -0.4 is 0 Å². The van der Waals surface area contributed by atoms with Crippen LogP contribution in [0, 0.1) is 11.8 Å². The topological polar surface area (TPSA) is 57.6 Å². The quantitative estimate of drug-likeness (QED) is 0.909. The molecule has 22 heavy (non-hydrogen) atoms. The third-order valence-corrected chi connectivity index (χ3v) is 4.69. The molecule has 1 aliphatic rings. The van der Waals surface area contributed by atoms with Gasteiger partial charge in [-0.15, -0.1) is 0 Å². The number of hydrogen-bond acceptors (Lipinski definition) is 2. The molecule has 1 fully saturated rings. The number of amides is 1. The van der Waals surface area contributed by atoms with Gasteiger partial charge in [0, 0.05) is 19.5 Å². The van der Waals surface area contributed by atoms with Crippen LogP contribution in [0.5, 0.6) is 0 Å². The summed E-state index contributed by atoms with van der Waals surface area (Å²) >= 11 is 0. The molecule has 1 amide bonds. The highest BCUT2D eigenvalue weighted by Gasteiger charge is 2.29. The number of hydrogen-bond donors (Lipinski definition) is 1. The molecular formula is C18H25NO3. The molecule has 1 atom stereocenters. The lowest BCUT2D eigenvalue weighted by molar-refractivity contribution is -0.143. The monoisotopic (exact) mass is 303 g/mol. The van der Waals surface area contributed by atoms with Crippen molar-refractivity contribution in [2.24, 2.45) is 11.8 Å². The first kappa shape index (κ1) is 16.5. The molecule has 1 aliphatic carbocycles. The second-order valence-corrected chi connectivity index (χ2v) is 6.42. The van der Waals surface area contributed by atoms with E-state index in [4.69, 9.17) is 5.11 Å². The SMILES string of the molecule is CC(CN(C)C(=O)C1CCC(c2ccccc2)CC1)C(=O)O. The van der Waals surface area contributed by atoms with Crippen LogP contribution in [-0.2, 0) is 9.59 Å². The van der Waals surface area contributed by atoms with Crippen molar-refractivity contribution in [1.82, 2.24) is 4.90 Å². The van der Waals surface area contributed by atoms with Crippen molar-refractivity contribution in [3.63, 3.8) is 0 Å². The van der Waals surface area contributed by atoms with E-state index in [1.54, 1.807) is 18.9 Å². The van der Waals surface area contributed by atoms with Crippen LogP contribution in [0.3, 0.4) is 0 Å². The average molecular weight is 303 g/mol. The zero-order chi connectivity index (χ0) is 16.1. The fourth-order valence-electron chi connectivity index (χ4n) is 3.29.